The standard InChI is InChI=1S/C50H55NO15/c1-27-34(63-47(60)41(64-38(56)23-15-22-37(54)55)40(31-16-9-6-10-17-31)51-45(58)32-18-11-7-12-19-32)25-49(61)29(3)39(27)28(2)43(57)48(5)35(53)24-36-50(26-62-36,66-30(4)52)42(48)44(49)65-46(59)33-20-13-8-14-21-33/h6-14,16-21,28-29,34-36,40-42,44,53,61H,15,22-26H2,1-5H3,(H,51,58)(H,54,55)/t28?,29?,34-,35?,36?,40?,41+,42-,44-,48?,49?,50-/m0/s1. The van der Waals surface area contributed by atoms with Gasteiger partial charge in [0.05, 0.1) is 29.6 Å². The largest absolute Gasteiger partial charge is 0.481 e. The number of amides is 1. The zero-order valence-electron chi connectivity index (χ0n) is 37.3. The number of carboxylic acids is 1. The number of Topliss-reactive ketones (excluding diaryl/α,β-unsaturated/α-hetero) is 1. The maximum absolute atomic E-state index is 15.3. The van der Waals surface area contributed by atoms with Gasteiger partial charge in [-0.15, -0.1) is 0 Å². The average molecular weight is 910 g/mol. The molecule has 0 radical (unpaired) electrons. The minimum absolute atomic E-state index is 0.0970. The SMILES string of the molecule is CC(=O)O[C@@]12COC1CC(O)C1(C)C(=O)C(C)C3=C(C)[C@@H](OC(=O)[C@H](OC(=O)CCCC(=O)O)C(NC(=O)c4ccccc4)c4ccccc4)CC(O)(C3C)[C@@H](OC(=O)c3ccccc3)[C@@H]12. The van der Waals surface area contributed by atoms with Gasteiger partial charge in [-0.1, -0.05) is 86.2 Å². The van der Waals surface area contributed by atoms with Crippen LogP contribution in [0.2, 0.25) is 0 Å². The van der Waals surface area contributed by atoms with Gasteiger partial charge in [-0.05, 0) is 55.7 Å². The molecular weight excluding hydrogens is 855 g/mol. The number of carbonyl (C=O) groups excluding carboxylic acids is 6. The molecule has 3 aliphatic carbocycles. The summed E-state index contributed by atoms with van der Waals surface area (Å²) in [6, 6.07) is 22.9. The Morgan fingerprint density at radius 1 is 0.879 bits per heavy atom. The lowest BCUT2D eigenvalue weighted by Gasteiger charge is -2.66. The fourth-order valence-corrected chi connectivity index (χ4v) is 10.7. The molecular formula is C50H55NO15. The number of fused-ring (bicyclic) bond motifs is 5. The van der Waals surface area contributed by atoms with Crippen LogP contribution in [0, 0.1) is 23.2 Å². The highest BCUT2D eigenvalue weighted by atomic mass is 16.6. The molecule has 0 spiro atoms. The maximum atomic E-state index is 15.3. The van der Waals surface area contributed by atoms with Gasteiger partial charge < -0.3 is 44.3 Å². The average Bonchev–Trinajstić information content (AvgIpc) is 3.29. The van der Waals surface area contributed by atoms with E-state index < -0.39 is 125 Å². The molecule has 3 fully saturated rings. The second-order valence-corrected chi connectivity index (χ2v) is 18.0. The second kappa shape index (κ2) is 18.9. The third-order valence-electron chi connectivity index (χ3n) is 14.1. The number of ether oxygens (including phenoxy) is 5. The lowest BCUT2D eigenvalue weighted by molar-refractivity contribution is -0.342. The fraction of sp³-hybridized carbons (Fsp3) is 0.460. The number of benzene rings is 3. The first-order chi connectivity index (χ1) is 31.3. The Labute approximate surface area is 381 Å². The zero-order valence-corrected chi connectivity index (χ0v) is 37.3. The van der Waals surface area contributed by atoms with E-state index in [9.17, 15) is 44.1 Å². The van der Waals surface area contributed by atoms with Crippen molar-refractivity contribution in [2.45, 2.75) is 114 Å². The Morgan fingerprint density at radius 3 is 2.06 bits per heavy atom. The summed E-state index contributed by atoms with van der Waals surface area (Å²) in [6.07, 6.45) is -8.84. The third kappa shape index (κ3) is 8.76. The summed E-state index contributed by atoms with van der Waals surface area (Å²) in [7, 11) is 0. The lowest BCUT2D eigenvalue weighted by atomic mass is 9.46. The van der Waals surface area contributed by atoms with Gasteiger partial charge in [0.2, 0.25) is 6.10 Å². The van der Waals surface area contributed by atoms with Crippen LogP contribution in [0.4, 0.5) is 0 Å². The lowest BCUT2D eigenvalue weighted by Crippen LogP contribution is -2.80. The van der Waals surface area contributed by atoms with E-state index in [4.69, 9.17) is 23.7 Å². The van der Waals surface area contributed by atoms with Crippen LogP contribution in [0.3, 0.4) is 0 Å². The summed E-state index contributed by atoms with van der Waals surface area (Å²) >= 11 is 0. The number of hydrogen-bond acceptors (Lipinski definition) is 14. The Kier molecular flexibility index (Phi) is 13.7. The van der Waals surface area contributed by atoms with Gasteiger partial charge in [0.1, 0.15) is 35.7 Å². The van der Waals surface area contributed by atoms with Gasteiger partial charge in [0, 0.05) is 50.0 Å². The number of nitrogens with one attached hydrogen (secondary N) is 1. The molecule has 1 amide bonds. The summed E-state index contributed by atoms with van der Waals surface area (Å²) < 4.78 is 30.5. The molecule has 4 N–H and O–H groups in total. The van der Waals surface area contributed by atoms with Gasteiger partial charge in [0.15, 0.2) is 5.60 Å². The Bertz CT molecular complexity index is 2390. The summed E-state index contributed by atoms with van der Waals surface area (Å²) in [5.41, 5.74) is -4.33. The number of rotatable bonds is 14. The molecule has 350 valence electrons. The van der Waals surface area contributed by atoms with Crippen LogP contribution in [-0.4, -0.2) is 105 Å². The zero-order chi connectivity index (χ0) is 47.7. The Morgan fingerprint density at radius 2 is 1.48 bits per heavy atom. The van der Waals surface area contributed by atoms with Gasteiger partial charge in [-0.25, -0.2) is 9.59 Å². The molecule has 1 saturated heterocycles. The third-order valence-corrected chi connectivity index (χ3v) is 14.1. The number of aliphatic hydroxyl groups excluding tert-OH is 1. The van der Waals surface area contributed by atoms with E-state index in [1.54, 1.807) is 99.6 Å². The van der Waals surface area contributed by atoms with Crippen molar-refractivity contribution >= 4 is 41.5 Å². The van der Waals surface area contributed by atoms with Crippen LogP contribution >= 0.6 is 0 Å². The molecule has 0 aromatic heterocycles. The van der Waals surface area contributed by atoms with Crippen molar-refractivity contribution < 1.29 is 72.6 Å². The van der Waals surface area contributed by atoms with Crippen LogP contribution in [0.25, 0.3) is 0 Å². The van der Waals surface area contributed by atoms with Crippen LogP contribution < -0.4 is 5.32 Å². The van der Waals surface area contributed by atoms with Crippen LogP contribution in [0.15, 0.2) is 102 Å². The summed E-state index contributed by atoms with van der Waals surface area (Å²) in [6.45, 7) is 7.36. The molecule has 66 heavy (non-hydrogen) atoms. The topological polar surface area (TPSA) is 238 Å². The van der Waals surface area contributed by atoms with Crippen molar-refractivity contribution in [2.75, 3.05) is 6.61 Å². The van der Waals surface area contributed by atoms with E-state index in [1.165, 1.54) is 26.0 Å². The van der Waals surface area contributed by atoms with E-state index >= 15 is 4.79 Å². The normalized spacial score (nSPS) is 30.9. The molecule has 3 aromatic rings. The molecule has 2 bridgehead atoms. The highest BCUT2D eigenvalue weighted by Crippen LogP contribution is 2.62. The van der Waals surface area contributed by atoms with Crippen LogP contribution in [0.5, 0.6) is 0 Å². The molecule has 7 rings (SSSR count). The predicted octanol–water partition coefficient (Wildman–Crippen LogP) is 4.86. The van der Waals surface area contributed by atoms with Gasteiger partial charge >= 0.3 is 29.8 Å². The number of aliphatic carboxylic acids is 1. The molecule has 16 heteroatoms. The minimum Gasteiger partial charge on any atom is -0.481 e. The van der Waals surface area contributed by atoms with Gasteiger partial charge in [0.25, 0.3) is 5.91 Å². The maximum Gasteiger partial charge on any atom is 0.350 e. The van der Waals surface area contributed by atoms with E-state index in [-0.39, 0.29) is 37.0 Å². The Balaban J connectivity index is 1.35. The molecule has 2 saturated carbocycles. The van der Waals surface area contributed by atoms with Crippen LogP contribution in [-0.2, 0) is 47.7 Å². The number of hydrogen-bond donors (Lipinski definition) is 4. The Hall–Kier alpha value is -6.23. The minimum atomic E-state index is -2.22. The van der Waals surface area contributed by atoms with E-state index in [0.29, 0.717) is 16.7 Å². The molecule has 12 atom stereocenters. The first kappa shape index (κ1) is 47.7. The molecule has 16 nitrogen and oxygen atoms in total. The van der Waals surface area contributed by atoms with Crippen LogP contribution in [0.1, 0.15) is 99.0 Å². The van der Waals surface area contributed by atoms with Crippen molar-refractivity contribution in [3.8, 4) is 0 Å². The van der Waals surface area contributed by atoms with E-state index in [1.807, 2.05) is 0 Å². The summed E-state index contributed by atoms with van der Waals surface area (Å²) in [5, 5.41) is 37.6. The number of carboxylic acid groups (broad SMARTS) is 1. The highest BCUT2D eigenvalue weighted by molar-refractivity contribution is 5.95. The van der Waals surface area contributed by atoms with E-state index in [0.717, 1.165) is 0 Å². The molecule has 4 aliphatic rings. The van der Waals surface area contributed by atoms with Crippen molar-refractivity contribution in [2.24, 2.45) is 23.2 Å². The summed E-state index contributed by atoms with van der Waals surface area (Å²) in [4.78, 5) is 96.0. The number of esters is 4. The molecule has 7 unspecified atom stereocenters. The molecule has 3 aromatic carbocycles. The predicted molar refractivity (Wildman–Crippen MR) is 232 cm³/mol. The second-order valence-electron chi connectivity index (χ2n) is 18.0. The van der Waals surface area contributed by atoms with Gasteiger partial charge in [-0.2, -0.15) is 0 Å². The number of carbonyl (C=O) groups is 7. The quantitative estimate of drug-likeness (QED) is 0.0961. The monoisotopic (exact) mass is 909 g/mol. The summed E-state index contributed by atoms with van der Waals surface area (Å²) in [5.74, 6) is -9.48. The smallest absolute Gasteiger partial charge is 0.350 e. The van der Waals surface area contributed by atoms with E-state index in [2.05, 4.69) is 5.32 Å². The molecule has 1 heterocycles. The van der Waals surface area contributed by atoms with Crippen molar-refractivity contribution in [3.05, 3.63) is 119 Å². The highest BCUT2D eigenvalue weighted by Gasteiger charge is 2.76. The fourth-order valence-electron chi connectivity index (χ4n) is 10.7. The first-order valence-corrected chi connectivity index (χ1v) is 22.1. The number of ketones is 1. The van der Waals surface area contributed by atoms with Crippen molar-refractivity contribution in [3.63, 3.8) is 0 Å². The number of aliphatic hydroxyl groups is 2. The van der Waals surface area contributed by atoms with Crippen molar-refractivity contribution in [1.29, 1.82) is 0 Å². The first-order valence-electron chi connectivity index (χ1n) is 22.1. The van der Waals surface area contributed by atoms with Gasteiger partial charge in [-0.3, -0.25) is 24.0 Å². The molecule has 1 aliphatic heterocycles. The van der Waals surface area contributed by atoms with Crippen molar-refractivity contribution in [1.82, 2.24) is 5.32 Å².